The molecule has 0 radical (unpaired) electrons. The third-order valence-corrected chi connectivity index (χ3v) is 3.36. The minimum absolute atomic E-state index is 0.128. The lowest BCUT2D eigenvalue weighted by molar-refractivity contribution is -0.142. The van der Waals surface area contributed by atoms with Crippen LogP contribution in [0.4, 0.5) is 0 Å². The Bertz CT molecular complexity index is 250. The highest BCUT2D eigenvalue weighted by atomic mass is 16.2. The van der Waals surface area contributed by atoms with E-state index in [0.29, 0.717) is 6.54 Å². The fourth-order valence-corrected chi connectivity index (χ4v) is 2.78. The molecule has 0 atom stereocenters. The van der Waals surface area contributed by atoms with E-state index in [1.165, 1.54) is 0 Å². The Morgan fingerprint density at radius 2 is 1.56 bits per heavy atom. The van der Waals surface area contributed by atoms with Gasteiger partial charge in [-0.25, -0.2) is 0 Å². The van der Waals surface area contributed by atoms with Gasteiger partial charge in [0, 0.05) is 20.1 Å². The summed E-state index contributed by atoms with van der Waals surface area (Å²) in [6.45, 7) is 11.9. The summed E-state index contributed by atoms with van der Waals surface area (Å²) in [6.07, 6.45) is 3.80. The molecule has 0 aromatic carbocycles. The molecule has 0 fully saturated rings. The maximum atomic E-state index is 12.7. The molecule has 3 heteroatoms. The number of carbonyl (C=O) groups is 1. The first kappa shape index (κ1) is 17.4. The Morgan fingerprint density at radius 1 is 1.11 bits per heavy atom. The van der Waals surface area contributed by atoms with Crippen LogP contribution in [0.1, 0.15) is 60.3 Å². The minimum atomic E-state index is -0.344. The standard InChI is InChI=1S/C15H32N2O/c1-7-9-15(11-16,10-8-2)13(18)17(6)12-14(3,4)5/h7-12,16H2,1-6H3. The SMILES string of the molecule is CCCC(CN)(CCC)C(=O)N(C)CC(C)(C)C. The molecule has 0 aliphatic heterocycles. The van der Waals surface area contributed by atoms with Crippen LogP contribution in [0, 0.1) is 10.8 Å². The summed E-state index contributed by atoms with van der Waals surface area (Å²) in [7, 11) is 1.91. The molecular formula is C15H32N2O. The summed E-state index contributed by atoms with van der Waals surface area (Å²) in [5, 5.41) is 0. The smallest absolute Gasteiger partial charge is 0.229 e. The highest BCUT2D eigenvalue weighted by Gasteiger charge is 2.38. The van der Waals surface area contributed by atoms with E-state index < -0.39 is 0 Å². The van der Waals surface area contributed by atoms with E-state index in [1.54, 1.807) is 0 Å². The number of amides is 1. The van der Waals surface area contributed by atoms with Crippen LogP contribution in [0.25, 0.3) is 0 Å². The summed E-state index contributed by atoms with van der Waals surface area (Å²) >= 11 is 0. The number of hydrogen-bond donors (Lipinski definition) is 1. The van der Waals surface area contributed by atoms with Gasteiger partial charge in [-0.1, -0.05) is 47.5 Å². The minimum Gasteiger partial charge on any atom is -0.345 e. The van der Waals surface area contributed by atoms with E-state index >= 15 is 0 Å². The van der Waals surface area contributed by atoms with Gasteiger partial charge in [0.15, 0.2) is 0 Å². The van der Waals surface area contributed by atoms with E-state index in [2.05, 4.69) is 34.6 Å². The van der Waals surface area contributed by atoms with Gasteiger partial charge in [0.25, 0.3) is 0 Å². The van der Waals surface area contributed by atoms with E-state index in [4.69, 9.17) is 5.73 Å². The lowest BCUT2D eigenvalue weighted by Gasteiger charge is -2.37. The van der Waals surface area contributed by atoms with E-state index in [1.807, 2.05) is 11.9 Å². The van der Waals surface area contributed by atoms with Crippen molar-refractivity contribution < 1.29 is 4.79 Å². The Labute approximate surface area is 113 Å². The zero-order chi connectivity index (χ0) is 14.4. The molecule has 0 heterocycles. The van der Waals surface area contributed by atoms with Gasteiger partial charge >= 0.3 is 0 Å². The van der Waals surface area contributed by atoms with Crippen LogP contribution in [-0.2, 0) is 4.79 Å². The number of rotatable bonds is 7. The van der Waals surface area contributed by atoms with Crippen LogP contribution in [0.15, 0.2) is 0 Å². The van der Waals surface area contributed by atoms with Gasteiger partial charge in [-0.2, -0.15) is 0 Å². The average Bonchev–Trinajstić information content (AvgIpc) is 2.25. The average molecular weight is 256 g/mol. The second kappa shape index (κ2) is 7.13. The highest BCUT2D eigenvalue weighted by molar-refractivity contribution is 5.82. The Morgan fingerprint density at radius 3 is 1.83 bits per heavy atom. The monoisotopic (exact) mass is 256 g/mol. The molecule has 3 nitrogen and oxygen atoms in total. The summed E-state index contributed by atoms with van der Waals surface area (Å²) < 4.78 is 0. The predicted octanol–water partition coefficient (Wildman–Crippen LogP) is 3.04. The molecule has 0 rings (SSSR count). The summed E-state index contributed by atoms with van der Waals surface area (Å²) in [5.41, 5.74) is 5.72. The Hall–Kier alpha value is -0.570. The molecular weight excluding hydrogens is 224 g/mol. The van der Waals surface area contributed by atoms with Gasteiger partial charge in [0.2, 0.25) is 5.91 Å². The molecule has 0 aliphatic rings. The first-order chi connectivity index (χ1) is 8.22. The van der Waals surface area contributed by atoms with Gasteiger partial charge < -0.3 is 10.6 Å². The van der Waals surface area contributed by atoms with Gasteiger partial charge in [-0.15, -0.1) is 0 Å². The van der Waals surface area contributed by atoms with Gasteiger partial charge in [-0.3, -0.25) is 4.79 Å². The number of nitrogens with two attached hydrogens (primary N) is 1. The molecule has 0 aliphatic carbocycles. The Balaban J connectivity index is 4.94. The normalized spacial score (nSPS) is 12.6. The lowest BCUT2D eigenvalue weighted by Crippen LogP contribution is -2.48. The quantitative estimate of drug-likeness (QED) is 0.761. The molecule has 1 amide bonds. The summed E-state index contributed by atoms with van der Waals surface area (Å²) in [5.74, 6) is 0.226. The van der Waals surface area contributed by atoms with E-state index in [0.717, 1.165) is 32.2 Å². The zero-order valence-electron chi connectivity index (χ0n) is 13.2. The number of carbonyl (C=O) groups excluding carboxylic acids is 1. The predicted molar refractivity (Wildman–Crippen MR) is 78.4 cm³/mol. The van der Waals surface area contributed by atoms with Crippen molar-refractivity contribution in [3.63, 3.8) is 0 Å². The molecule has 0 aromatic heterocycles. The van der Waals surface area contributed by atoms with Crippen LogP contribution in [0.2, 0.25) is 0 Å². The first-order valence-corrected chi connectivity index (χ1v) is 7.18. The van der Waals surface area contributed by atoms with Crippen molar-refractivity contribution in [2.75, 3.05) is 20.1 Å². The van der Waals surface area contributed by atoms with Crippen molar-refractivity contribution in [1.29, 1.82) is 0 Å². The van der Waals surface area contributed by atoms with Crippen molar-refractivity contribution in [1.82, 2.24) is 4.90 Å². The highest BCUT2D eigenvalue weighted by Crippen LogP contribution is 2.31. The van der Waals surface area contributed by atoms with Gasteiger partial charge in [0.05, 0.1) is 5.41 Å². The van der Waals surface area contributed by atoms with Crippen LogP contribution in [0.3, 0.4) is 0 Å². The van der Waals surface area contributed by atoms with Crippen LogP contribution >= 0.6 is 0 Å². The fraction of sp³-hybridized carbons (Fsp3) is 0.933. The summed E-state index contributed by atoms with van der Waals surface area (Å²) in [6, 6.07) is 0. The number of hydrogen-bond acceptors (Lipinski definition) is 2. The molecule has 0 spiro atoms. The fourth-order valence-electron chi connectivity index (χ4n) is 2.78. The van der Waals surface area contributed by atoms with Crippen molar-refractivity contribution in [2.24, 2.45) is 16.6 Å². The van der Waals surface area contributed by atoms with E-state index in [9.17, 15) is 4.79 Å². The molecule has 0 saturated carbocycles. The van der Waals surface area contributed by atoms with E-state index in [-0.39, 0.29) is 16.7 Å². The lowest BCUT2D eigenvalue weighted by atomic mass is 9.77. The second-order valence-corrected chi connectivity index (χ2v) is 6.71. The van der Waals surface area contributed by atoms with Crippen LogP contribution in [0.5, 0.6) is 0 Å². The van der Waals surface area contributed by atoms with Crippen molar-refractivity contribution >= 4 is 5.91 Å². The topological polar surface area (TPSA) is 46.3 Å². The molecule has 2 N–H and O–H groups in total. The van der Waals surface area contributed by atoms with Crippen molar-refractivity contribution in [2.45, 2.75) is 60.3 Å². The summed E-state index contributed by atoms with van der Waals surface area (Å²) in [4.78, 5) is 14.6. The van der Waals surface area contributed by atoms with Crippen LogP contribution in [-0.4, -0.2) is 30.9 Å². The maximum absolute atomic E-state index is 12.7. The molecule has 0 unspecified atom stereocenters. The molecule has 0 bridgehead atoms. The van der Waals surface area contributed by atoms with Crippen LogP contribution < -0.4 is 5.73 Å². The molecule has 108 valence electrons. The molecule has 0 saturated heterocycles. The Kier molecular flexibility index (Phi) is 6.90. The third kappa shape index (κ3) is 4.97. The largest absolute Gasteiger partial charge is 0.345 e. The second-order valence-electron chi connectivity index (χ2n) is 6.71. The van der Waals surface area contributed by atoms with Gasteiger partial charge in [-0.05, 0) is 18.3 Å². The first-order valence-electron chi connectivity index (χ1n) is 7.18. The number of nitrogens with zero attached hydrogens (tertiary/aromatic N) is 1. The van der Waals surface area contributed by atoms with Gasteiger partial charge in [0.1, 0.15) is 0 Å². The van der Waals surface area contributed by atoms with Crippen molar-refractivity contribution in [3.05, 3.63) is 0 Å². The zero-order valence-corrected chi connectivity index (χ0v) is 13.2. The maximum Gasteiger partial charge on any atom is 0.229 e. The third-order valence-electron chi connectivity index (χ3n) is 3.36. The molecule has 18 heavy (non-hydrogen) atoms. The molecule has 0 aromatic rings. The van der Waals surface area contributed by atoms with Crippen molar-refractivity contribution in [3.8, 4) is 0 Å².